The standard InChI is InChI=1S/C19H15N3S/c20-11-16-18(21)17-14(10-9-12-5-2-1-3-6-12)13-7-4-8-15(13)22-19(17)23-16/h1-3,5-6,9-10H,4,7-8,21H2/b10-9+. The van der Waals surface area contributed by atoms with Crippen LogP contribution in [0.4, 0.5) is 5.69 Å². The van der Waals surface area contributed by atoms with Gasteiger partial charge in [0.2, 0.25) is 0 Å². The number of nitrogens with zero attached hydrogens (tertiary/aromatic N) is 2. The molecular weight excluding hydrogens is 302 g/mol. The number of pyridine rings is 1. The van der Waals surface area contributed by atoms with Crippen LogP contribution in [0.3, 0.4) is 0 Å². The van der Waals surface area contributed by atoms with Crippen molar-refractivity contribution in [1.29, 1.82) is 5.26 Å². The van der Waals surface area contributed by atoms with Crippen LogP contribution in [0.1, 0.15) is 33.7 Å². The summed E-state index contributed by atoms with van der Waals surface area (Å²) in [4.78, 5) is 6.20. The van der Waals surface area contributed by atoms with Crippen molar-refractivity contribution in [2.45, 2.75) is 19.3 Å². The molecule has 1 aliphatic carbocycles. The molecule has 4 heteroatoms. The smallest absolute Gasteiger partial charge is 0.130 e. The van der Waals surface area contributed by atoms with Crippen LogP contribution < -0.4 is 5.73 Å². The van der Waals surface area contributed by atoms with Crippen LogP contribution in [0.2, 0.25) is 0 Å². The molecule has 1 aromatic carbocycles. The molecule has 0 saturated carbocycles. The lowest BCUT2D eigenvalue weighted by molar-refractivity contribution is 0.901. The number of fused-ring (bicyclic) bond motifs is 2. The van der Waals surface area contributed by atoms with Crippen LogP contribution in [-0.4, -0.2) is 4.98 Å². The minimum Gasteiger partial charge on any atom is -0.396 e. The van der Waals surface area contributed by atoms with E-state index >= 15 is 0 Å². The van der Waals surface area contributed by atoms with Gasteiger partial charge < -0.3 is 5.73 Å². The molecule has 3 aromatic rings. The van der Waals surface area contributed by atoms with Crippen molar-refractivity contribution in [2.24, 2.45) is 0 Å². The summed E-state index contributed by atoms with van der Waals surface area (Å²) in [6, 6.07) is 12.4. The highest BCUT2D eigenvalue weighted by molar-refractivity contribution is 7.19. The van der Waals surface area contributed by atoms with Crippen LogP contribution in [0.15, 0.2) is 30.3 Å². The monoisotopic (exact) mass is 317 g/mol. The lowest BCUT2D eigenvalue weighted by Gasteiger charge is -2.07. The number of anilines is 1. The lowest BCUT2D eigenvalue weighted by atomic mass is 10.0. The second-order valence-corrected chi connectivity index (χ2v) is 6.68. The third-order valence-corrected chi connectivity index (χ3v) is 5.29. The summed E-state index contributed by atoms with van der Waals surface area (Å²) >= 11 is 1.39. The molecular formula is C19H15N3S. The van der Waals surface area contributed by atoms with Crippen molar-refractivity contribution >= 4 is 39.4 Å². The number of rotatable bonds is 2. The molecule has 0 aliphatic heterocycles. The molecule has 0 atom stereocenters. The molecule has 0 amide bonds. The largest absolute Gasteiger partial charge is 0.396 e. The zero-order valence-electron chi connectivity index (χ0n) is 12.5. The number of benzene rings is 1. The van der Waals surface area contributed by atoms with Crippen LogP contribution >= 0.6 is 11.3 Å². The number of nitrogen functional groups attached to an aromatic ring is 1. The molecule has 2 N–H and O–H groups in total. The van der Waals surface area contributed by atoms with Crippen molar-refractivity contribution in [1.82, 2.24) is 4.98 Å². The van der Waals surface area contributed by atoms with Gasteiger partial charge in [-0.1, -0.05) is 42.5 Å². The van der Waals surface area contributed by atoms with Crippen molar-refractivity contribution in [3.05, 3.63) is 57.6 Å². The van der Waals surface area contributed by atoms with E-state index in [1.54, 1.807) is 0 Å². The third-order valence-electron chi connectivity index (χ3n) is 4.29. The number of aryl methyl sites for hydroxylation is 1. The minimum absolute atomic E-state index is 0.561. The normalized spacial score (nSPS) is 13.5. The Morgan fingerprint density at radius 1 is 1.17 bits per heavy atom. The number of nitriles is 1. The molecule has 4 rings (SSSR count). The summed E-state index contributed by atoms with van der Waals surface area (Å²) < 4.78 is 0. The zero-order valence-corrected chi connectivity index (χ0v) is 13.4. The molecule has 1 aliphatic rings. The Labute approximate surface area is 138 Å². The van der Waals surface area contributed by atoms with Gasteiger partial charge in [0.15, 0.2) is 0 Å². The summed E-state index contributed by atoms with van der Waals surface area (Å²) in [7, 11) is 0. The van der Waals surface area contributed by atoms with Gasteiger partial charge in [-0.15, -0.1) is 11.3 Å². The number of nitrogens with two attached hydrogens (primary N) is 1. The predicted molar refractivity (Wildman–Crippen MR) is 96.1 cm³/mol. The Balaban J connectivity index is 1.95. The average Bonchev–Trinajstić information content (AvgIpc) is 3.17. The molecule has 23 heavy (non-hydrogen) atoms. The Kier molecular flexibility index (Phi) is 3.36. The molecule has 0 fully saturated rings. The highest BCUT2D eigenvalue weighted by atomic mass is 32.1. The summed E-state index contributed by atoms with van der Waals surface area (Å²) in [6.45, 7) is 0. The van der Waals surface area contributed by atoms with Crippen LogP contribution in [0.25, 0.3) is 22.4 Å². The second-order valence-electron chi connectivity index (χ2n) is 5.69. The first-order valence-electron chi connectivity index (χ1n) is 7.65. The highest BCUT2D eigenvalue weighted by Crippen LogP contribution is 2.39. The van der Waals surface area contributed by atoms with E-state index in [1.807, 2.05) is 18.2 Å². The first-order valence-corrected chi connectivity index (χ1v) is 8.46. The SMILES string of the molecule is N#Cc1sc2nc3c(c(/C=C/c4ccccc4)c2c1N)CCC3. The third kappa shape index (κ3) is 2.30. The Morgan fingerprint density at radius 3 is 2.78 bits per heavy atom. The number of hydrogen-bond acceptors (Lipinski definition) is 4. The topological polar surface area (TPSA) is 62.7 Å². The van der Waals surface area contributed by atoms with Crippen LogP contribution in [0, 0.1) is 11.3 Å². The minimum atomic E-state index is 0.561. The predicted octanol–water partition coefficient (Wildman–Crippen LogP) is 4.41. The van der Waals surface area contributed by atoms with E-state index in [-0.39, 0.29) is 0 Å². The molecule has 0 saturated heterocycles. The summed E-state index contributed by atoms with van der Waals surface area (Å²) in [6.07, 6.45) is 7.42. The van der Waals surface area contributed by atoms with E-state index in [0.29, 0.717) is 10.6 Å². The summed E-state index contributed by atoms with van der Waals surface area (Å²) in [5, 5.41) is 10.2. The van der Waals surface area contributed by atoms with Gasteiger partial charge in [-0.3, -0.25) is 0 Å². The van der Waals surface area contributed by atoms with Crippen molar-refractivity contribution < 1.29 is 0 Å². The fourth-order valence-corrected chi connectivity index (χ4v) is 4.12. The van der Waals surface area contributed by atoms with Crippen LogP contribution in [-0.2, 0) is 12.8 Å². The van der Waals surface area contributed by atoms with E-state index in [0.717, 1.165) is 46.3 Å². The fraction of sp³-hybridized carbons (Fsp3) is 0.158. The molecule has 3 nitrogen and oxygen atoms in total. The number of hydrogen-bond donors (Lipinski definition) is 1. The summed E-state index contributed by atoms with van der Waals surface area (Å²) in [5.41, 5.74) is 11.5. The molecule has 0 spiro atoms. The van der Waals surface area contributed by atoms with E-state index in [4.69, 9.17) is 10.7 Å². The van der Waals surface area contributed by atoms with Gasteiger partial charge in [0, 0.05) is 11.1 Å². The quantitative estimate of drug-likeness (QED) is 0.761. The maximum absolute atomic E-state index is 9.26. The van der Waals surface area contributed by atoms with Gasteiger partial charge in [0.25, 0.3) is 0 Å². The first-order chi connectivity index (χ1) is 11.3. The maximum Gasteiger partial charge on any atom is 0.130 e. The molecule has 0 radical (unpaired) electrons. The fourth-order valence-electron chi connectivity index (χ4n) is 3.20. The van der Waals surface area contributed by atoms with Gasteiger partial charge in [-0.25, -0.2) is 4.98 Å². The Hall–Kier alpha value is -2.64. The van der Waals surface area contributed by atoms with Crippen molar-refractivity contribution in [2.75, 3.05) is 5.73 Å². The van der Waals surface area contributed by atoms with Gasteiger partial charge in [-0.05, 0) is 36.0 Å². The zero-order chi connectivity index (χ0) is 15.8. The summed E-state index contributed by atoms with van der Waals surface area (Å²) in [5.74, 6) is 0. The van der Waals surface area contributed by atoms with E-state index < -0.39 is 0 Å². The maximum atomic E-state index is 9.26. The van der Waals surface area contributed by atoms with Gasteiger partial charge in [0.1, 0.15) is 15.8 Å². The molecule has 0 unspecified atom stereocenters. The van der Waals surface area contributed by atoms with Crippen molar-refractivity contribution in [3.63, 3.8) is 0 Å². The Bertz CT molecular complexity index is 962. The highest BCUT2D eigenvalue weighted by Gasteiger charge is 2.22. The van der Waals surface area contributed by atoms with E-state index in [9.17, 15) is 5.26 Å². The van der Waals surface area contributed by atoms with E-state index in [1.165, 1.54) is 16.9 Å². The lowest BCUT2D eigenvalue weighted by Crippen LogP contribution is -1.95. The average molecular weight is 317 g/mol. The molecule has 112 valence electrons. The van der Waals surface area contributed by atoms with Gasteiger partial charge >= 0.3 is 0 Å². The molecule has 0 bridgehead atoms. The van der Waals surface area contributed by atoms with Gasteiger partial charge in [-0.2, -0.15) is 5.26 Å². The Morgan fingerprint density at radius 2 is 2.00 bits per heavy atom. The molecule has 2 aromatic heterocycles. The first kappa shape index (κ1) is 14.0. The van der Waals surface area contributed by atoms with Crippen LogP contribution in [0.5, 0.6) is 0 Å². The molecule has 2 heterocycles. The van der Waals surface area contributed by atoms with Gasteiger partial charge in [0.05, 0.1) is 5.69 Å². The second kappa shape index (κ2) is 5.53. The van der Waals surface area contributed by atoms with E-state index in [2.05, 4.69) is 30.4 Å². The number of thiophene rings is 1. The number of aromatic nitrogens is 1. The van der Waals surface area contributed by atoms with Crippen molar-refractivity contribution in [3.8, 4) is 6.07 Å².